The van der Waals surface area contributed by atoms with E-state index in [1.165, 1.54) is 6.08 Å². The van der Waals surface area contributed by atoms with E-state index in [0.717, 1.165) is 11.6 Å². The lowest BCUT2D eigenvalue weighted by atomic mass is 10.1. The van der Waals surface area contributed by atoms with Crippen molar-refractivity contribution in [1.29, 1.82) is 0 Å². The van der Waals surface area contributed by atoms with Crippen molar-refractivity contribution < 1.29 is 14.7 Å². The molecule has 1 aromatic carbocycles. The van der Waals surface area contributed by atoms with Crippen molar-refractivity contribution in [2.75, 3.05) is 0 Å². The van der Waals surface area contributed by atoms with Gasteiger partial charge in [-0.15, -0.1) is 0 Å². The summed E-state index contributed by atoms with van der Waals surface area (Å²) in [4.78, 5) is 20.9. The third kappa shape index (κ3) is 3.56. The van der Waals surface area contributed by atoms with Crippen LogP contribution in [0.15, 0.2) is 30.4 Å². The molecular weight excluding hydrogens is 216 g/mol. The van der Waals surface area contributed by atoms with Crippen molar-refractivity contribution in [3.05, 3.63) is 46.5 Å². The third-order valence-electron chi connectivity index (χ3n) is 1.83. The number of carboxylic acids is 1. The number of aldehydes is 1. The number of carbonyl (C=O) groups is 2. The van der Waals surface area contributed by atoms with Gasteiger partial charge < -0.3 is 5.11 Å². The lowest BCUT2D eigenvalue weighted by Crippen LogP contribution is -1.92. The number of carbonyl (C=O) groups excluding carboxylic acids is 1. The molecule has 0 fully saturated rings. The number of hydrogen-bond donors (Lipinski definition) is 1. The van der Waals surface area contributed by atoms with Crippen LogP contribution < -0.4 is 0 Å². The van der Waals surface area contributed by atoms with E-state index in [9.17, 15) is 9.59 Å². The molecule has 0 amide bonds. The molecule has 4 heteroatoms. The molecule has 1 aromatic rings. The van der Waals surface area contributed by atoms with Crippen molar-refractivity contribution in [3.8, 4) is 0 Å². The summed E-state index contributed by atoms with van der Waals surface area (Å²) in [6, 6.07) is 4.93. The predicted molar refractivity (Wildman–Crippen MR) is 57.3 cm³/mol. The number of allylic oxidation sites excluding steroid dienone is 1. The second-order valence-corrected chi connectivity index (χ2v) is 3.34. The normalized spacial score (nSPS) is 10.5. The third-order valence-corrected chi connectivity index (χ3v) is 2.07. The van der Waals surface area contributed by atoms with Gasteiger partial charge in [0.05, 0.1) is 0 Å². The van der Waals surface area contributed by atoms with E-state index in [1.807, 2.05) is 0 Å². The van der Waals surface area contributed by atoms with Crippen molar-refractivity contribution in [1.82, 2.24) is 0 Å². The molecule has 0 saturated heterocycles. The van der Waals surface area contributed by atoms with Gasteiger partial charge in [0.2, 0.25) is 0 Å². The fourth-order valence-electron chi connectivity index (χ4n) is 1.15. The molecule has 0 spiro atoms. The van der Waals surface area contributed by atoms with E-state index in [2.05, 4.69) is 0 Å². The Kier molecular flexibility index (Phi) is 4.06. The number of halogens is 1. The highest BCUT2D eigenvalue weighted by Crippen LogP contribution is 2.15. The molecule has 0 bridgehead atoms. The van der Waals surface area contributed by atoms with Crippen LogP contribution in [0, 0.1) is 0 Å². The first-order valence-electron chi connectivity index (χ1n) is 4.26. The molecule has 0 aromatic heterocycles. The van der Waals surface area contributed by atoms with Crippen LogP contribution in [0.5, 0.6) is 0 Å². The van der Waals surface area contributed by atoms with E-state index >= 15 is 0 Å². The topological polar surface area (TPSA) is 54.4 Å². The smallest absolute Gasteiger partial charge is 0.327 e. The zero-order chi connectivity index (χ0) is 11.3. The molecule has 0 aliphatic rings. The number of carboxylic acid groups (broad SMARTS) is 1. The first kappa shape index (κ1) is 11.5. The van der Waals surface area contributed by atoms with Gasteiger partial charge in [-0.1, -0.05) is 23.7 Å². The average molecular weight is 225 g/mol. The highest BCUT2D eigenvalue weighted by Gasteiger charge is 2.00. The van der Waals surface area contributed by atoms with E-state index in [4.69, 9.17) is 16.7 Å². The Bertz CT molecular complexity index is 410. The Morgan fingerprint density at radius 2 is 2.20 bits per heavy atom. The molecule has 1 rings (SSSR count). The zero-order valence-electron chi connectivity index (χ0n) is 7.81. The lowest BCUT2D eigenvalue weighted by Gasteiger charge is -2.01. The molecule has 0 aliphatic carbocycles. The minimum atomic E-state index is -1.00. The first-order chi connectivity index (χ1) is 7.13. The second kappa shape index (κ2) is 5.32. The number of hydrogen-bond acceptors (Lipinski definition) is 2. The molecule has 3 nitrogen and oxygen atoms in total. The Morgan fingerprint density at radius 1 is 1.47 bits per heavy atom. The standard InChI is InChI=1S/C11H9ClO3/c12-10-5-4-8(9(6-10)7-13)2-1-3-11(14)15/h1,3-7H,2H2,(H,14,15)/b3-1+. The van der Waals surface area contributed by atoms with E-state index in [-0.39, 0.29) is 0 Å². The Labute approximate surface area is 92.0 Å². The Hall–Kier alpha value is -1.61. The molecule has 78 valence electrons. The van der Waals surface area contributed by atoms with E-state index in [0.29, 0.717) is 23.3 Å². The van der Waals surface area contributed by atoms with Gasteiger partial charge in [0.1, 0.15) is 6.29 Å². The van der Waals surface area contributed by atoms with Gasteiger partial charge in [0.25, 0.3) is 0 Å². The molecule has 0 radical (unpaired) electrons. The second-order valence-electron chi connectivity index (χ2n) is 2.91. The van der Waals surface area contributed by atoms with Crippen LogP contribution >= 0.6 is 11.6 Å². The maximum Gasteiger partial charge on any atom is 0.327 e. The average Bonchev–Trinajstić information content (AvgIpc) is 2.19. The molecule has 0 atom stereocenters. The van der Waals surface area contributed by atoms with Gasteiger partial charge in [-0.05, 0) is 24.1 Å². The molecule has 0 unspecified atom stereocenters. The van der Waals surface area contributed by atoms with Crippen LogP contribution in [0.4, 0.5) is 0 Å². The fraction of sp³-hybridized carbons (Fsp3) is 0.0909. The predicted octanol–water partition coefficient (Wildman–Crippen LogP) is 2.34. The summed E-state index contributed by atoms with van der Waals surface area (Å²) in [5, 5.41) is 8.87. The van der Waals surface area contributed by atoms with Crippen LogP contribution in [0.3, 0.4) is 0 Å². The fourth-order valence-corrected chi connectivity index (χ4v) is 1.33. The van der Waals surface area contributed by atoms with Crippen molar-refractivity contribution in [2.45, 2.75) is 6.42 Å². The maximum absolute atomic E-state index is 10.7. The van der Waals surface area contributed by atoms with Gasteiger partial charge in [0, 0.05) is 16.7 Å². The molecule has 0 aliphatic heterocycles. The van der Waals surface area contributed by atoms with Gasteiger partial charge in [0.15, 0.2) is 0 Å². The maximum atomic E-state index is 10.7. The van der Waals surface area contributed by atoms with Gasteiger partial charge >= 0.3 is 5.97 Å². The van der Waals surface area contributed by atoms with Crippen LogP contribution in [0.25, 0.3) is 0 Å². The van der Waals surface area contributed by atoms with E-state index in [1.54, 1.807) is 18.2 Å². The molecule has 0 heterocycles. The monoisotopic (exact) mass is 224 g/mol. The minimum Gasteiger partial charge on any atom is -0.478 e. The lowest BCUT2D eigenvalue weighted by molar-refractivity contribution is -0.131. The van der Waals surface area contributed by atoms with Crippen LogP contribution in [0.2, 0.25) is 5.02 Å². The Balaban J connectivity index is 2.85. The largest absolute Gasteiger partial charge is 0.478 e. The highest BCUT2D eigenvalue weighted by molar-refractivity contribution is 6.30. The number of rotatable bonds is 4. The SMILES string of the molecule is O=Cc1cc(Cl)ccc1C/C=C/C(=O)O. The van der Waals surface area contributed by atoms with Gasteiger partial charge in [-0.3, -0.25) is 4.79 Å². The summed E-state index contributed by atoms with van der Waals surface area (Å²) in [5.41, 5.74) is 1.24. The zero-order valence-corrected chi connectivity index (χ0v) is 8.57. The van der Waals surface area contributed by atoms with Gasteiger partial charge in [-0.25, -0.2) is 4.79 Å². The van der Waals surface area contributed by atoms with Gasteiger partial charge in [-0.2, -0.15) is 0 Å². The minimum absolute atomic E-state index is 0.400. The van der Waals surface area contributed by atoms with Crippen LogP contribution in [-0.2, 0) is 11.2 Å². The summed E-state index contributed by atoms with van der Waals surface area (Å²) in [6.45, 7) is 0. The first-order valence-corrected chi connectivity index (χ1v) is 4.64. The van der Waals surface area contributed by atoms with Crippen molar-refractivity contribution in [3.63, 3.8) is 0 Å². The molecule has 0 saturated carbocycles. The van der Waals surface area contributed by atoms with Crippen LogP contribution in [0.1, 0.15) is 15.9 Å². The molecular formula is C11H9ClO3. The molecule has 15 heavy (non-hydrogen) atoms. The number of aliphatic carboxylic acids is 1. The number of benzene rings is 1. The molecule has 1 N–H and O–H groups in total. The van der Waals surface area contributed by atoms with Crippen LogP contribution in [-0.4, -0.2) is 17.4 Å². The quantitative estimate of drug-likeness (QED) is 0.631. The summed E-state index contributed by atoms with van der Waals surface area (Å²) >= 11 is 5.71. The Morgan fingerprint density at radius 3 is 2.80 bits per heavy atom. The van der Waals surface area contributed by atoms with Crippen molar-refractivity contribution >= 4 is 23.9 Å². The van der Waals surface area contributed by atoms with Crippen molar-refractivity contribution in [2.24, 2.45) is 0 Å². The highest BCUT2D eigenvalue weighted by atomic mass is 35.5. The summed E-state index contributed by atoms with van der Waals surface area (Å²) in [6.07, 6.45) is 3.63. The van der Waals surface area contributed by atoms with E-state index < -0.39 is 5.97 Å². The summed E-state index contributed by atoms with van der Waals surface area (Å²) in [5.74, 6) is -1.00. The summed E-state index contributed by atoms with van der Waals surface area (Å²) < 4.78 is 0. The summed E-state index contributed by atoms with van der Waals surface area (Å²) in [7, 11) is 0.